The number of ether oxygens (including phenoxy) is 2. The van der Waals surface area contributed by atoms with Crippen molar-refractivity contribution in [2.75, 3.05) is 14.2 Å². The highest BCUT2D eigenvalue weighted by molar-refractivity contribution is 6.32. The molecule has 0 bridgehead atoms. The van der Waals surface area contributed by atoms with Gasteiger partial charge in [-0.25, -0.2) is 9.18 Å². The maximum atomic E-state index is 12.9. The first-order valence-electron chi connectivity index (χ1n) is 7.87. The molecule has 1 amide bonds. The van der Waals surface area contributed by atoms with Crippen LogP contribution >= 0.6 is 11.6 Å². The zero-order chi connectivity index (χ0) is 19.1. The number of hydrogen-bond acceptors (Lipinski definition) is 4. The Morgan fingerprint density at radius 3 is 2.35 bits per heavy atom. The zero-order valence-electron chi connectivity index (χ0n) is 14.4. The van der Waals surface area contributed by atoms with Gasteiger partial charge in [-0.2, -0.15) is 0 Å². The van der Waals surface area contributed by atoms with Crippen LogP contribution in [0.25, 0.3) is 0 Å². The number of rotatable bonds is 7. The number of carbonyl (C=O) groups is 2. The van der Waals surface area contributed by atoms with E-state index in [4.69, 9.17) is 21.1 Å². The van der Waals surface area contributed by atoms with Crippen LogP contribution in [0.3, 0.4) is 0 Å². The first kappa shape index (κ1) is 19.7. The van der Waals surface area contributed by atoms with Crippen LogP contribution in [0.1, 0.15) is 11.1 Å². The SMILES string of the molecule is COC(=O)[C@@H](Cc1ccc(OC)c(Cl)c1)NC(=O)Cc1ccc(F)cc1. The molecule has 0 saturated carbocycles. The number of methoxy groups -OCH3 is 2. The lowest BCUT2D eigenvalue weighted by atomic mass is 10.0. The third-order valence-corrected chi connectivity index (χ3v) is 4.05. The standard InChI is InChI=1S/C19H19ClFNO4/c1-25-17-8-5-13(9-15(17)20)10-16(19(24)26-2)22-18(23)11-12-3-6-14(21)7-4-12/h3-9,16H,10-11H2,1-2H3,(H,22,23)/t16-/m1/s1. The van der Waals surface area contributed by atoms with Gasteiger partial charge in [-0.3, -0.25) is 4.79 Å². The summed E-state index contributed by atoms with van der Waals surface area (Å²) in [6, 6.07) is 9.84. The number of nitrogens with one attached hydrogen (secondary N) is 1. The number of halogens is 2. The van der Waals surface area contributed by atoms with Crippen LogP contribution in [0.5, 0.6) is 5.75 Å². The Morgan fingerprint density at radius 2 is 1.77 bits per heavy atom. The molecule has 0 unspecified atom stereocenters. The lowest BCUT2D eigenvalue weighted by Gasteiger charge is -2.17. The molecule has 0 saturated heterocycles. The van der Waals surface area contributed by atoms with Crippen LogP contribution in [0.2, 0.25) is 5.02 Å². The van der Waals surface area contributed by atoms with Gasteiger partial charge in [0.15, 0.2) is 0 Å². The fourth-order valence-corrected chi connectivity index (χ4v) is 2.72. The van der Waals surface area contributed by atoms with E-state index >= 15 is 0 Å². The fourth-order valence-electron chi connectivity index (χ4n) is 2.44. The minimum Gasteiger partial charge on any atom is -0.495 e. The summed E-state index contributed by atoms with van der Waals surface area (Å²) in [5.74, 6) is -0.792. The van der Waals surface area contributed by atoms with Gasteiger partial charge in [0.2, 0.25) is 5.91 Å². The van der Waals surface area contributed by atoms with E-state index in [9.17, 15) is 14.0 Å². The van der Waals surface area contributed by atoms with Gasteiger partial charge in [-0.1, -0.05) is 29.8 Å². The van der Waals surface area contributed by atoms with Crippen molar-refractivity contribution in [1.82, 2.24) is 5.32 Å². The molecule has 5 nitrogen and oxygen atoms in total. The van der Waals surface area contributed by atoms with Crippen LogP contribution in [0, 0.1) is 5.82 Å². The average molecular weight is 380 g/mol. The minimum atomic E-state index is -0.864. The average Bonchev–Trinajstić information content (AvgIpc) is 2.62. The fraction of sp³-hybridized carbons (Fsp3) is 0.263. The highest BCUT2D eigenvalue weighted by Gasteiger charge is 2.22. The van der Waals surface area contributed by atoms with Crippen molar-refractivity contribution in [2.24, 2.45) is 0 Å². The molecule has 2 aromatic carbocycles. The Labute approximate surface area is 156 Å². The van der Waals surface area contributed by atoms with E-state index in [1.807, 2.05) is 0 Å². The van der Waals surface area contributed by atoms with Crippen molar-refractivity contribution in [1.29, 1.82) is 0 Å². The van der Waals surface area contributed by atoms with Gasteiger partial charge < -0.3 is 14.8 Å². The molecule has 2 aromatic rings. The monoisotopic (exact) mass is 379 g/mol. The maximum Gasteiger partial charge on any atom is 0.328 e. The van der Waals surface area contributed by atoms with Crippen molar-refractivity contribution < 1.29 is 23.5 Å². The van der Waals surface area contributed by atoms with Gasteiger partial charge in [0.1, 0.15) is 17.6 Å². The van der Waals surface area contributed by atoms with Gasteiger partial charge in [-0.15, -0.1) is 0 Å². The summed E-state index contributed by atoms with van der Waals surface area (Å²) in [4.78, 5) is 24.2. The van der Waals surface area contributed by atoms with Crippen molar-refractivity contribution >= 4 is 23.5 Å². The van der Waals surface area contributed by atoms with Gasteiger partial charge >= 0.3 is 5.97 Å². The molecular formula is C19H19ClFNO4. The molecule has 26 heavy (non-hydrogen) atoms. The number of hydrogen-bond donors (Lipinski definition) is 1. The summed E-state index contributed by atoms with van der Waals surface area (Å²) in [6.07, 6.45) is 0.239. The topological polar surface area (TPSA) is 64.6 Å². The number of amides is 1. The van der Waals surface area contributed by atoms with Crippen molar-refractivity contribution in [3.63, 3.8) is 0 Å². The third kappa shape index (κ3) is 5.46. The smallest absolute Gasteiger partial charge is 0.328 e. The quantitative estimate of drug-likeness (QED) is 0.751. The second-order valence-electron chi connectivity index (χ2n) is 5.62. The van der Waals surface area contributed by atoms with E-state index in [1.54, 1.807) is 18.2 Å². The van der Waals surface area contributed by atoms with Crippen LogP contribution < -0.4 is 10.1 Å². The Balaban J connectivity index is 2.07. The van der Waals surface area contributed by atoms with Gasteiger partial charge in [0.05, 0.1) is 25.7 Å². The highest BCUT2D eigenvalue weighted by atomic mass is 35.5. The van der Waals surface area contributed by atoms with Crippen LogP contribution in [-0.4, -0.2) is 32.1 Å². The predicted molar refractivity (Wildman–Crippen MR) is 95.8 cm³/mol. The third-order valence-electron chi connectivity index (χ3n) is 3.75. The molecular weight excluding hydrogens is 361 g/mol. The number of carbonyl (C=O) groups excluding carboxylic acids is 2. The molecule has 0 radical (unpaired) electrons. The summed E-state index contributed by atoms with van der Waals surface area (Å²) in [7, 11) is 2.76. The van der Waals surface area contributed by atoms with Crippen molar-refractivity contribution in [2.45, 2.75) is 18.9 Å². The van der Waals surface area contributed by atoms with Gasteiger partial charge in [0, 0.05) is 6.42 Å². The summed E-state index contributed by atoms with van der Waals surface area (Å²) in [5.41, 5.74) is 1.38. The summed E-state index contributed by atoms with van der Waals surface area (Å²) < 4.78 is 22.8. The van der Waals surface area contributed by atoms with Crippen molar-refractivity contribution in [3.05, 3.63) is 64.4 Å². The van der Waals surface area contributed by atoms with Crippen LogP contribution in [-0.2, 0) is 27.2 Å². The normalized spacial score (nSPS) is 11.5. The largest absolute Gasteiger partial charge is 0.495 e. The van der Waals surface area contributed by atoms with Crippen LogP contribution in [0.4, 0.5) is 4.39 Å². The Morgan fingerprint density at radius 1 is 1.12 bits per heavy atom. The molecule has 0 aliphatic carbocycles. The van der Waals surface area contributed by atoms with Crippen LogP contribution in [0.15, 0.2) is 42.5 Å². The summed E-state index contributed by atoms with van der Waals surface area (Å²) in [5, 5.41) is 3.05. The lowest BCUT2D eigenvalue weighted by molar-refractivity contribution is -0.145. The first-order chi connectivity index (χ1) is 12.4. The summed E-state index contributed by atoms with van der Waals surface area (Å²) in [6.45, 7) is 0. The van der Waals surface area contributed by atoms with E-state index < -0.39 is 12.0 Å². The second-order valence-corrected chi connectivity index (χ2v) is 6.03. The zero-order valence-corrected chi connectivity index (χ0v) is 15.2. The van der Waals surface area contributed by atoms with E-state index in [0.717, 1.165) is 5.56 Å². The van der Waals surface area contributed by atoms with E-state index in [0.29, 0.717) is 16.3 Å². The first-order valence-corrected chi connectivity index (χ1v) is 8.24. The van der Waals surface area contributed by atoms with Crippen molar-refractivity contribution in [3.8, 4) is 5.75 Å². The molecule has 0 heterocycles. The van der Waals surface area contributed by atoms with Gasteiger partial charge in [0.25, 0.3) is 0 Å². The molecule has 7 heteroatoms. The number of esters is 1. The van der Waals surface area contributed by atoms with E-state index in [2.05, 4.69) is 5.32 Å². The maximum absolute atomic E-state index is 12.9. The van der Waals surface area contributed by atoms with E-state index in [-0.39, 0.29) is 24.6 Å². The highest BCUT2D eigenvalue weighted by Crippen LogP contribution is 2.25. The Bertz CT molecular complexity index is 780. The minimum absolute atomic E-state index is 0.0249. The molecule has 0 fully saturated rings. The van der Waals surface area contributed by atoms with E-state index in [1.165, 1.54) is 38.5 Å². The molecule has 2 rings (SSSR count). The molecule has 0 aliphatic rings. The molecule has 0 spiro atoms. The lowest BCUT2D eigenvalue weighted by Crippen LogP contribution is -2.43. The molecule has 1 atom stereocenters. The second kappa shape index (κ2) is 9.20. The predicted octanol–water partition coefficient (Wildman–Crippen LogP) is 2.93. The Kier molecular flexibility index (Phi) is 6.97. The van der Waals surface area contributed by atoms with Gasteiger partial charge in [-0.05, 0) is 35.4 Å². The Hall–Kier alpha value is -2.60. The molecule has 138 valence electrons. The molecule has 0 aliphatic heterocycles. The number of benzene rings is 2. The molecule has 0 aromatic heterocycles. The molecule has 1 N–H and O–H groups in total. The summed E-state index contributed by atoms with van der Waals surface area (Å²) >= 11 is 6.09.